The molecule has 0 aliphatic carbocycles. The normalized spacial score (nSPS) is 40.5. The lowest BCUT2D eigenvalue weighted by Gasteiger charge is -2.49. The van der Waals surface area contributed by atoms with Crippen LogP contribution in [0.4, 0.5) is 0 Å². The lowest BCUT2D eigenvalue weighted by molar-refractivity contribution is -0.336. The summed E-state index contributed by atoms with van der Waals surface area (Å²) in [6.07, 6.45) is 8.02. The van der Waals surface area contributed by atoms with E-state index < -0.39 is 94.7 Å². The maximum Gasteiger partial charge on any atom is 0.342 e. The molecule has 19 heteroatoms. The van der Waals surface area contributed by atoms with Crippen LogP contribution in [0.1, 0.15) is 247 Å². The lowest BCUT2D eigenvalue weighted by Crippen LogP contribution is -2.57. The first-order chi connectivity index (χ1) is 44.8. The van der Waals surface area contributed by atoms with E-state index in [2.05, 4.69) is 41.5 Å². The van der Waals surface area contributed by atoms with Gasteiger partial charge in [-0.15, -0.1) is 0 Å². The number of phenols is 1. The molecule has 8 rings (SSSR count). The van der Waals surface area contributed by atoms with Gasteiger partial charge in [-0.1, -0.05) is 95.2 Å². The third-order valence-electron chi connectivity index (χ3n) is 25.2. The fourth-order valence-electron chi connectivity index (χ4n) is 18.4. The highest BCUT2D eigenvalue weighted by molar-refractivity contribution is 5.94. The molecule has 544 valence electrons. The minimum absolute atomic E-state index is 0.0295. The monoisotopic (exact) mass is 1340 g/mol. The van der Waals surface area contributed by atoms with Crippen LogP contribution in [-0.4, -0.2) is 176 Å². The molecule has 0 aromatic heterocycles. The van der Waals surface area contributed by atoms with Crippen LogP contribution in [0.3, 0.4) is 0 Å². The predicted octanol–water partition coefficient (Wildman–Crippen LogP) is 11.6. The third kappa shape index (κ3) is 16.2. The molecule has 7 heterocycles. The molecule has 0 radical (unpaired) electrons. The van der Waals surface area contributed by atoms with Crippen LogP contribution < -0.4 is 0 Å². The predicted molar refractivity (Wildman–Crippen MR) is 359 cm³/mol. The van der Waals surface area contributed by atoms with Crippen LogP contribution in [0.15, 0.2) is 12.1 Å². The summed E-state index contributed by atoms with van der Waals surface area (Å²) in [5.41, 5.74) is -1.44. The summed E-state index contributed by atoms with van der Waals surface area (Å²) in [5.74, 6) is -6.31. The van der Waals surface area contributed by atoms with Gasteiger partial charge in [-0.2, -0.15) is 0 Å². The Morgan fingerprint density at radius 2 is 1.41 bits per heavy atom. The Morgan fingerprint density at radius 1 is 0.737 bits per heavy atom. The Morgan fingerprint density at radius 3 is 2.04 bits per heavy atom. The van der Waals surface area contributed by atoms with Crippen molar-refractivity contribution in [2.45, 2.75) is 340 Å². The van der Waals surface area contributed by atoms with E-state index in [1.165, 1.54) is 0 Å². The second kappa shape index (κ2) is 32.0. The van der Waals surface area contributed by atoms with Crippen molar-refractivity contribution in [3.63, 3.8) is 0 Å². The first-order valence-electron chi connectivity index (χ1n) is 37.1. The van der Waals surface area contributed by atoms with E-state index in [-0.39, 0.29) is 114 Å². The Balaban J connectivity index is 0.762. The highest BCUT2D eigenvalue weighted by Crippen LogP contribution is 2.56. The van der Waals surface area contributed by atoms with Gasteiger partial charge in [-0.05, 0) is 178 Å². The van der Waals surface area contributed by atoms with E-state index in [0.717, 1.165) is 51.4 Å². The van der Waals surface area contributed by atoms with E-state index >= 15 is 0 Å². The zero-order valence-corrected chi connectivity index (χ0v) is 61.0. The summed E-state index contributed by atoms with van der Waals surface area (Å²) in [4.78, 5) is 41.8. The van der Waals surface area contributed by atoms with E-state index in [0.29, 0.717) is 88.2 Å². The maximum atomic E-state index is 14.4. The van der Waals surface area contributed by atoms with Crippen molar-refractivity contribution in [1.29, 1.82) is 0 Å². The van der Waals surface area contributed by atoms with Gasteiger partial charge in [0.2, 0.25) is 0 Å². The lowest BCUT2D eigenvalue weighted by atomic mass is 9.76. The standard InChI is InChI=1S/C76H126O19/c1-18-55(64-47(9)40-74(21-4,92-64)59-30-32-72(84,19-2)53(15)89-59)63(81)50(12)61(79)43(5)26-28-54-29-27-44(6)62(80)60(54)70(83)88-37-25-23-22-24-36-87-69(82)52(14)66(86-17)51(13)67-49(11)56(78)41-75(93-67)35-34-71(16,95-75)58-31-33-73(20-3,91-58)68-46(8)39-57(90-68)65-45(7)38-48(10)76(85,42-77)94-65/h27,29,43,45-53,55-59,61,64-68,77-80,84-85H,18-26,28,30-42H2,1-17H3/t43-,45-,46-,47+,48+,49+,50+,51-,52-,53+,55+,56-,57+,58+,59-,61+,64+,65-,66+,67-,68+,71-,72-,73-,74+,75+,76-/m0/s1. The Bertz CT molecular complexity index is 2690. The molecule has 0 saturated carbocycles. The molecule has 95 heavy (non-hydrogen) atoms. The molecule has 7 aliphatic heterocycles. The van der Waals surface area contributed by atoms with Gasteiger partial charge in [-0.3, -0.25) is 9.59 Å². The summed E-state index contributed by atoms with van der Waals surface area (Å²) < 4.78 is 65.6. The number of ketones is 1. The number of carbonyl (C=O) groups excluding carboxylic acids is 3. The molecule has 0 bridgehead atoms. The molecule has 1 aromatic carbocycles. The van der Waals surface area contributed by atoms with Crippen LogP contribution in [0.2, 0.25) is 0 Å². The van der Waals surface area contributed by atoms with Crippen molar-refractivity contribution >= 4 is 17.7 Å². The van der Waals surface area contributed by atoms with E-state index in [9.17, 15) is 45.0 Å². The summed E-state index contributed by atoms with van der Waals surface area (Å²) in [5, 5.41) is 67.1. The van der Waals surface area contributed by atoms with Crippen LogP contribution in [0.25, 0.3) is 0 Å². The number of carbonyl (C=O) groups is 3. The number of hydrogen-bond acceptors (Lipinski definition) is 19. The zero-order chi connectivity index (χ0) is 69.9. The SMILES string of the molecule is CC[C@H](C(=O)[C@H](C)[C@H](O)[C@@H](C)CCc1ccc(C)c(O)c1C(=O)OCCCCCCOC(=O)[C@@H](C)[C@H](OC)[C@H](C)[C@H]1O[C@@]2(CC[C@@](C)([C@H]3CC[C@@](CC)([C@@H]4O[C@@H]([C@H]5O[C@@](O)(CO)[C@H](C)C[C@@H]5C)C[C@@H]4C)O3)O2)C[C@H](O)[C@H]1C)[C@@H]1O[C@@](CC)([C@@H]2CC[C@@](O)(CC)[C@@H](C)O2)C[C@H]1C. The molecule has 7 aliphatic rings. The molecular formula is C76H126O19. The minimum Gasteiger partial charge on any atom is -0.507 e. The van der Waals surface area contributed by atoms with Gasteiger partial charge in [0.15, 0.2) is 11.6 Å². The number of aliphatic hydroxyl groups is 5. The Kier molecular flexibility index (Phi) is 26.2. The molecule has 19 nitrogen and oxygen atoms in total. The quantitative estimate of drug-likeness (QED) is 0.0309. The number of unbranched alkanes of at least 4 members (excludes halogenated alkanes) is 3. The van der Waals surface area contributed by atoms with E-state index in [1.807, 2.05) is 54.5 Å². The van der Waals surface area contributed by atoms with Crippen molar-refractivity contribution in [1.82, 2.24) is 0 Å². The summed E-state index contributed by atoms with van der Waals surface area (Å²) in [6, 6.07) is 3.58. The molecule has 1 aromatic rings. The summed E-state index contributed by atoms with van der Waals surface area (Å²) in [6.45, 7) is 31.7. The van der Waals surface area contributed by atoms with E-state index in [1.54, 1.807) is 33.9 Å². The van der Waals surface area contributed by atoms with Gasteiger partial charge in [0, 0.05) is 49.5 Å². The number of aromatic hydroxyl groups is 1. The minimum atomic E-state index is -1.60. The second-order valence-electron chi connectivity index (χ2n) is 31.6. The van der Waals surface area contributed by atoms with Gasteiger partial charge in [0.1, 0.15) is 17.1 Å². The Hall–Kier alpha value is -2.89. The van der Waals surface area contributed by atoms with Crippen molar-refractivity contribution < 1.29 is 92.4 Å². The number of hydrogen-bond donors (Lipinski definition) is 6. The van der Waals surface area contributed by atoms with Gasteiger partial charge in [0.25, 0.3) is 0 Å². The molecule has 6 N–H and O–H groups in total. The highest BCUT2D eigenvalue weighted by Gasteiger charge is 2.63. The van der Waals surface area contributed by atoms with Crippen molar-refractivity contribution in [3.05, 3.63) is 28.8 Å². The van der Waals surface area contributed by atoms with Crippen LogP contribution in [0, 0.1) is 66.1 Å². The number of methoxy groups -OCH3 is 1. The number of benzene rings is 1. The largest absolute Gasteiger partial charge is 0.507 e. The average Bonchev–Trinajstić information content (AvgIpc) is 1.61. The first kappa shape index (κ1) is 77.8. The topological polar surface area (TPSA) is 265 Å². The number of ether oxygens (including phenoxy) is 10. The Labute approximate surface area is 568 Å². The molecule has 27 atom stereocenters. The van der Waals surface area contributed by atoms with Crippen LogP contribution in [0.5, 0.6) is 5.75 Å². The number of esters is 2. The van der Waals surface area contributed by atoms with Gasteiger partial charge >= 0.3 is 11.9 Å². The number of rotatable bonds is 30. The zero-order valence-electron chi connectivity index (χ0n) is 61.0. The van der Waals surface area contributed by atoms with Gasteiger partial charge in [0.05, 0.1) is 115 Å². The van der Waals surface area contributed by atoms with Gasteiger partial charge in [-0.25, -0.2) is 4.79 Å². The fourth-order valence-corrected chi connectivity index (χ4v) is 18.4. The van der Waals surface area contributed by atoms with Crippen molar-refractivity contribution in [2.24, 2.45) is 59.2 Å². The average molecular weight is 1340 g/mol. The van der Waals surface area contributed by atoms with Crippen molar-refractivity contribution in [2.75, 3.05) is 26.9 Å². The molecule has 0 amide bonds. The smallest absolute Gasteiger partial charge is 0.342 e. The number of aryl methyl sites for hydroxylation is 2. The molecule has 0 unspecified atom stereocenters. The summed E-state index contributed by atoms with van der Waals surface area (Å²) in [7, 11) is 1.59. The number of phenolic OH excluding ortho intramolecular Hbond substituents is 1. The summed E-state index contributed by atoms with van der Waals surface area (Å²) >= 11 is 0. The maximum absolute atomic E-state index is 14.4. The first-order valence-corrected chi connectivity index (χ1v) is 37.1. The molecular weight excluding hydrogens is 1220 g/mol. The third-order valence-corrected chi connectivity index (χ3v) is 25.2. The fraction of sp³-hybridized carbons (Fsp3) is 0.882. The molecule has 7 saturated heterocycles. The van der Waals surface area contributed by atoms with E-state index in [4.69, 9.17) is 47.4 Å². The number of Topliss-reactive ketones (excluding diaryl/α,β-unsaturated/α-hetero) is 1. The van der Waals surface area contributed by atoms with Crippen LogP contribution in [-0.2, 0) is 63.4 Å². The molecule has 7 fully saturated rings. The number of aliphatic hydroxyl groups excluding tert-OH is 3. The molecule has 1 spiro atoms. The second-order valence-corrected chi connectivity index (χ2v) is 31.6. The highest BCUT2D eigenvalue weighted by atomic mass is 16.7. The van der Waals surface area contributed by atoms with Crippen LogP contribution >= 0.6 is 0 Å². The van der Waals surface area contributed by atoms with Gasteiger partial charge < -0.3 is 78.0 Å². The van der Waals surface area contributed by atoms with Crippen molar-refractivity contribution in [3.8, 4) is 5.75 Å².